The fourth-order valence-electron chi connectivity index (χ4n) is 1.84. The zero-order valence-electron chi connectivity index (χ0n) is 7.71. The molecule has 1 aliphatic rings. The van der Waals surface area contributed by atoms with Crippen LogP contribution in [0.5, 0.6) is 0 Å². The molecule has 0 spiro atoms. The van der Waals surface area contributed by atoms with Crippen LogP contribution in [0.25, 0.3) is 0 Å². The highest BCUT2D eigenvalue weighted by molar-refractivity contribution is 5.78. The van der Waals surface area contributed by atoms with Gasteiger partial charge in [0.1, 0.15) is 5.54 Å². The number of carboxylic acids is 1. The lowest BCUT2D eigenvalue weighted by Gasteiger charge is -2.36. The summed E-state index contributed by atoms with van der Waals surface area (Å²) in [5, 5.41) is 8.88. The highest BCUT2D eigenvalue weighted by Crippen LogP contribution is 2.34. The normalized spacial score (nSPS) is 42.6. The minimum Gasteiger partial charge on any atom is -0.480 e. The van der Waals surface area contributed by atoms with E-state index in [1.54, 1.807) is 0 Å². The summed E-state index contributed by atoms with van der Waals surface area (Å²) in [6.07, 6.45) is 2.17. The molecule has 3 atom stereocenters. The summed E-state index contributed by atoms with van der Waals surface area (Å²) in [5.41, 5.74) is 4.80. The van der Waals surface area contributed by atoms with Crippen LogP contribution in [0.15, 0.2) is 0 Å². The molecular weight excluding hydrogens is 154 g/mol. The van der Waals surface area contributed by atoms with Gasteiger partial charge in [0.25, 0.3) is 0 Å². The molecule has 0 aromatic heterocycles. The van der Waals surface area contributed by atoms with E-state index in [0.29, 0.717) is 24.7 Å². The molecule has 0 heterocycles. The third-order valence-electron chi connectivity index (χ3n) is 3.13. The van der Waals surface area contributed by atoms with Crippen molar-refractivity contribution in [2.75, 3.05) is 0 Å². The maximum Gasteiger partial charge on any atom is 0.323 e. The van der Waals surface area contributed by atoms with E-state index in [2.05, 4.69) is 13.8 Å². The minimum absolute atomic E-state index is 0.430. The SMILES string of the molecule is CC1CCC(N)(C(=O)O)CC1C. The van der Waals surface area contributed by atoms with Crippen molar-refractivity contribution in [2.24, 2.45) is 17.6 Å². The van der Waals surface area contributed by atoms with Crippen molar-refractivity contribution < 1.29 is 9.90 Å². The van der Waals surface area contributed by atoms with Crippen molar-refractivity contribution in [2.45, 2.75) is 38.6 Å². The molecule has 70 valence electrons. The number of carbonyl (C=O) groups is 1. The van der Waals surface area contributed by atoms with Gasteiger partial charge >= 0.3 is 5.97 Å². The Bertz CT molecular complexity index is 193. The van der Waals surface area contributed by atoms with Crippen LogP contribution in [0.2, 0.25) is 0 Å². The van der Waals surface area contributed by atoms with Gasteiger partial charge in [0, 0.05) is 0 Å². The molecule has 3 N–H and O–H groups in total. The second kappa shape index (κ2) is 3.05. The summed E-state index contributed by atoms with van der Waals surface area (Å²) in [7, 11) is 0. The quantitative estimate of drug-likeness (QED) is 0.623. The zero-order valence-corrected chi connectivity index (χ0v) is 7.71. The van der Waals surface area contributed by atoms with Gasteiger partial charge in [-0.25, -0.2) is 0 Å². The first kappa shape index (κ1) is 9.52. The number of rotatable bonds is 1. The van der Waals surface area contributed by atoms with E-state index in [9.17, 15) is 4.79 Å². The molecule has 1 aliphatic carbocycles. The lowest BCUT2D eigenvalue weighted by Crippen LogP contribution is -2.52. The minimum atomic E-state index is -0.952. The van der Waals surface area contributed by atoms with Crippen molar-refractivity contribution >= 4 is 5.97 Å². The first-order valence-corrected chi connectivity index (χ1v) is 4.48. The molecule has 0 saturated heterocycles. The second-order valence-electron chi connectivity index (χ2n) is 4.16. The monoisotopic (exact) mass is 171 g/mol. The Kier molecular flexibility index (Phi) is 2.42. The number of hydrogen-bond acceptors (Lipinski definition) is 2. The Hall–Kier alpha value is -0.570. The maximum absolute atomic E-state index is 10.8. The molecule has 1 rings (SSSR count). The Labute approximate surface area is 72.9 Å². The molecule has 3 unspecified atom stereocenters. The summed E-state index contributed by atoms with van der Waals surface area (Å²) < 4.78 is 0. The molecule has 0 aliphatic heterocycles. The molecular formula is C9H17NO2. The molecule has 0 radical (unpaired) electrons. The molecule has 3 heteroatoms. The molecule has 3 nitrogen and oxygen atoms in total. The van der Waals surface area contributed by atoms with Crippen molar-refractivity contribution in [1.82, 2.24) is 0 Å². The van der Waals surface area contributed by atoms with Gasteiger partial charge in [-0.05, 0) is 31.1 Å². The van der Waals surface area contributed by atoms with Gasteiger partial charge in [-0.3, -0.25) is 4.79 Å². The average Bonchev–Trinajstić information content (AvgIpc) is 1.97. The van der Waals surface area contributed by atoms with E-state index in [-0.39, 0.29) is 0 Å². The fourth-order valence-corrected chi connectivity index (χ4v) is 1.84. The molecule has 1 saturated carbocycles. The van der Waals surface area contributed by atoms with Crippen LogP contribution >= 0.6 is 0 Å². The summed E-state index contributed by atoms with van der Waals surface area (Å²) in [4.78, 5) is 10.8. The van der Waals surface area contributed by atoms with Gasteiger partial charge in [0.15, 0.2) is 0 Å². The van der Waals surface area contributed by atoms with Crippen molar-refractivity contribution in [1.29, 1.82) is 0 Å². The van der Waals surface area contributed by atoms with E-state index in [1.807, 2.05) is 0 Å². The number of nitrogens with two attached hydrogens (primary N) is 1. The topological polar surface area (TPSA) is 63.3 Å². The Morgan fingerprint density at radius 3 is 2.50 bits per heavy atom. The second-order valence-corrected chi connectivity index (χ2v) is 4.16. The summed E-state index contributed by atoms with van der Waals surface area (Å²) in [6.45, 7) is 4.24. The molecule has 0 aromatic rings. The first-order chi connectivity index (χ1) is 5.46. The van der Waals surface area contributed by atoms with Crippen LogP contribution in [-0.2, 0) is 4.79 Å². The Balaban J connectivity index is 2.66. The van der Waals surface area contributed by atoms with Gasteiger partial charge < -0.3 is 10.8 Å². The van der Waals surface area contributed by atoms with Crippen LogP contribution in [-0.4, -0.2) is 16.6 Å². The van der Waals surface area contributed by atoms with E-state index < -0.39 is 11.5 Å². The summed E-state index contributed by atoms with van der Waals surface area (Å²) >= 11 is 0. The van der Waals surface area contributed by atoms with Crippen LogP contribution < -0.4 is 5.73 Å². The van der Waals surface area contributed by atoms with E-state index in [1.165, 1.54) is 0 Å². The van der Waals surface area contributed by atoms with E-state index in [4.69, 9.17) is 10.8 Å². The highest BCUT2D eigenvalue weighted by atomic mass is 16.4. The van der Waals surface area contributed by atoms with Gasteiger partial charge in [0.05, 0.1) is 0 Å². The van der Waals surface area contributed by atoms with Crippen LogP contribution in [0, 0.1) is 11.8 Å². The number of aliphatic carboxylic acids is 1. The highest BCUT2D eigenvalue weighted by Gasteiger charge is 2.40. The summed E-state index contributed by atoms with van der Waals surface area (Å²) in [6, 6.07) is 0. The molecule has 0 amide bonds. The van der Waals surface area contributed by atoms with Crippen molar-refractivity contribution in [3.05, 3.63) is 0 Å². The van der Waals surface area contributed by atoms with Crippen LogP contribution in [0.1, 0.15) is 33.1 Å². The van der Waals surface area contributed by atoms with Crippen molar-refractivity contribution in [3.63, 3.8) is 0 Å². The largest absolute Gasteiger partial charge is 0.480 e. The lowest BCUT2D eigenvalue weighted by molar-refractivity contribution is -0.145. The van der Waals surface area contributed by atoms with Gasteiger partial charge in [-0.15, -0.1) is 0 Å². The standard InChI is InChI=1S/C9H17NO2/c1-6-3-4-9(10,8(11)12)5-7(6)2/h6-7H,3-5,10H2,1-2H3,(H,11,12). The molecule has 0 aromatic carbocycles. The third-order valence-corrected chi connectivity index (χ3v) is 3.13. The van der Waals surface area contributed by atoms with Crippen LogP contribution in [0.4, 0.5) is 0 Å². The number of hydrogen-bond donors (Lipinski definition) is 2. The van der Waals surface area contributed by atoms with Gasteiger partial charge in [-0.2, -0.15) is 0 Å². The Morgan fingerprint density at radius 2 is 2.08 bits per heavy atom. The maximum atomic E-state index is 10.8. The Morgan fingerprint density at radius 1 is 1.50 bits per heavy atom. The van der Waals surface area contributed by atoms with E-state index in [0.717, 1.165) is 6.42 Å². The predicted octanol–water partition coefficient (Wildman–Crippen LogP) is 1.22. The molecule has 0 bridgehead atoms. The first-order valence-electron chi connectivity index (χ1n) is 4.48. The molecule has 1 fully saturated rings. The zero-order chi connectivity index (χ0) is 9.35. The average molecular weight is 171 g/mol. The smallest absolute Gasteiger partial charge is 0.323 e. The van der Waals surface area contributed by atoms with Gasteiger partial charge in [-0.1, -0.05) is 13.8 Å². The van der Waals surface area contributed by atoms with Gasteiger partial charge in [0.2, 0.25) is 0 Å². The fraction of sp³-hybridized carbons (Fsp3) is 0.889. The van der Waals surface area contributed by atoms with Crippen molar-refractivity contribution in [3.8, 4) is 0 Å². The van der Waals surface area contributed by atoms with E-state index >= 15 is 0 Å². The molecule has 12 heavy (non-hydrogen) atoms. The van der Waals surface area contributed by atoms with Crippen LogP contribution in [0.3, 0.4) is 0 Å². The third kappa shape index (κ3) is 1.61. The summed E-state index contributed by atoms with van der Waals surface area (Å²) in [5.74, 6) is 0.196. The lowest BCUT2D eigenvalue weighted by atomic mass is 9.72. The predicted molar refractivity (Wildman–Crippen MR) is 46.7 cm³/mol. The number of carboxylic acid groups (broad SMARTS) is 1.